The Bertz CT molecular complexity index is 498. The van der Waals surface area contributed by atoms with Gasteiger partial charge in [0.2, 0.25) is 0 Å². The predicted octanol–water partition coefficient (Wildman–Crippen LogP) is 4.09. The Balaban J connectivity index is 1.83. The first-order valence-corrected chi connectivity index (χ1v) is 8.23. The average molecular weight is 290 g/mol. The maximum absolute atomic E-state index is 14.4. The number of hydrogen-bond acceptors (Lipinski definition) is 2. The van der Waals surface area contributed by atoms with Gasteiger partial charge in [-0.3, -0.25) is 0 Å². The molecule has 2 nitrogen and oxygen atoms in total. The molecule has 3 rings (SSSR count). The Kier molecular flexibility index (Phi) is 3.96. The highest BCUT2D eigenvalue weighted by Crippen LogP contribution is 2.39. The average Bonchev–Trinajstić information content (AvgIpc) is 3.24. The number of benzene rings is 1. The molecule has 3 heteroatoms. The highest BCUT2D eigenvalue weighted by atomic mass is 19.1. The van der Waals surface area contributed by atoms with Crippen molar-refractivity contribution in [1.82, 2.24) is 5.32 Å². The minimum atomic E-state index is -0.0781. The van der Waals surface area contributed by atoms with E-state index in [1.807, 2.05) is 6.07 Å². The van der Waals surface area contributed by atoms with E-state index in [2.05, 4.69) is 37.1 Å². The largest absolute Gasteiger partial charge is 0.368 e. The van der Waals surface area contributed by atoms with Crippen molar-refractivity contribution in [2.45, 2.75) is 64.6 Å². The minimum Gasteiger partial charge on any atom is -0.368 e. The van der Waals surface area contributed by atoms with Gasteiger partial charge in [0.1, 0.15) is 5.82 Å². The fraction of sp³-hybridized carbons (Fsp3) is 0.667. The molecule has 0 atom stereocenters. The first-order valence-electron chi connectivity index (χ1n) is 8.23. The van der Waals surface area contributed by atoms with E-state index >= 15 is 0 Å². The number of nitrogens with one attached hydrogen (secondary N) is 1. The summed E-state index contributed by atoms with van der Waals surface area (Å²) in [5.41, 5.74) is 1.95. The van der Waals surface area contributed by atoms with Crippen molar-refractivity contribution < 1.29 is 4.39 Å². The molecule has 2 fully saturated rings. The molecule has 0 heterocycles. The Morgan fingerprint density at radius 3 is 2.48 bits per heavy atom. The van der Waals surface area contributed by atoms with Crippen LogP contribution in [0.25, 0.3) is 0 Å². The summed E-state index contributed by atoms with van der Waals surface area (Å²) in [7, 11) is 0. The zero-order valence-corrected chi connectivity index (χ0v) is 13.5. The highest BCUT2D eigenvalue weighted by Gasteiger charge is 2.35. The molecule has 2 aliphatic carbocycles. The van der Waals surface area contributed by atoms with Crippen LogP contribution in [0, 0.1) is 11.7 Å². The Hall–Kier alpha value is -1.09. The summed E-state index contributed by atoms with van der Waals surface area (Å²) < 4.78 is 14.4. The number of anilines is 1. The Morgan fingerprint density at radius 2 is 1.90 bits per heavy atom. The molecule has 0 unspecified atom stereocenters. The lowest BCUT2D eigenvalue weighted by Gasteiger charge is -2.29. The molecule has 0 spiro atoms. The van der Waals surface area contributed by atoms with Gasteiger partial charge in [-0.05, 0) is 64.5 Å². The van der Waals surface area contributed by atoms with Crippen LogP contribution in [0.15, 0.2) is 18.2 Å². The Morgan fingerprint density at radius 1 is 1.19 bits per heavy atom. The van der Waals surface area contributed by atoms with Gasteiger partial charge in [-0.25, -0.2) is 4.39 Å². The summed E-state index contributed by atoms with van der Waals surface area (Å²) >= 11 is 0. The molecule has 2 aliphatic rings. The van der Waals surface area contributed by atoms with E-state index in [0.29, 0.717) is 12.6 Å². The maximum Gasteiger partial charge on any atom is 0.129 e. The fourth-order valence-corrected chi connectivity index (χ4v) is 2.75. The smallest absolute Gasteiger partial charge is 0.129 e. The summed E-state index contributed by atoms with van der Waals surface area (Å²) in [5.74, 6) is 0.753. The van der Waals surface area contributed by atoms with Crippen LogP contribution in [0.3, 0.4) is 0 Å². The van der Waals surface area contributed by atoms with Gasteiger partial charge in [-0.15, -0.1) is 0 Å². The summed E-state index contributed by atoms with van der Waals surface area (Å²) in [4.78, 5) is 2.47. The third kappa shape index (κ3) is 3.97. The molecule has 0 saturated heterocycles. The van der Waals surface area contributed by atoms with Gasteiger partial charge in [0, 0.05) is 35.9 Å². The molecular weight excluding hydrogens is 263 g/mol. The van der Waals surface area contributed by atoms with E-state index in [-0.39, 0.29) is 11.4 Å². The summed E-state index contributed by atoms with van der Waals surface area (Å²) in [6.07, 6.45) is 5.20. The van der Waals surface area contributed by atoms with Gasteiger partial charge in [0.05, 0.1) is 0 Å². The van der Waals surface area contributed by atoms with Crippen molar-refractivity contribution >= 4 is 5.69 Å². The zero-order valence-electron chi connectivity index (χ0n) is 13.5. The first-order chi connectivity index (χ1) is 9.94. The van der Waals surface area contributed by atoms with Crippen LogP contribution in [0.1, 0.15) is 52.0 Å². The molecular formula is C18H27FN2. The normalized spacial score (nSPS) is 18.9. The molecule has 0 amide bonds. The number of rotatable bonds is 6. The van der Waals surface area contributed by atoms with Crippen LogP contribution < -0.4 is 10.2 Å². The topological polar surface area (TPSA) is 15.3 Å². The van der Waals surface area contributed by atoms with E-state index in [1.165, 1.54) is 25.7 Å². The van der Waals surface area contributed by atoms with E-state index in [0.717, 1.165) is 23.7 Å². The van der Waals surface area contributed by atoms with Gasteiger partial charge in [-0.1, -0.05) is 6.07 Å². The van der Waals surface area contributed by atoms with Crippen LogP contribution in [0.4, 0.5) is 10.1 Å². The SMILES string of the molecule is CC(C)(C)NCc1c(F)cccc1N(CC1CC1)C1CC1. The molecule has 1 aromatic carbocycles. The number of halogens is 1. The first kappa shape index (κ1) is 14.8. The lowest BCUT2D eigenvalue weighted by atomic mass is 10.1. The van der Waals surface area contributed by atoms with Crippen LogP contribution in [-0.4, -0.2) is 18.1 Å². The molecule has 0 aliphatic heterocycles. The summed E-state index contributed by atoms with van der Waals surface area (Å²) in [6, 6.07) is 6.18. The molecule has 0 radical (unpaired) electrons. The van der Waals surface area contributed by atoms with Gasteiger partial charge >= 0.3 is 0 Å². The molecule has 0 bridgehead atoms. The molecule has 0 aromatic heterocycles. The minimum absolute atomic E-state index is 0.000451. The molecule has 21 heavy (non-hydrogen) atoms. The van der Waals surface area contributed by atoms with E-state index in [1.54, 1.807) is 6.07 Å². The van der Waals surface area contributed by atoms with Gasteiger partial charge in [0.15, 0.2) is 0 Å². The lowest BCUT2D eigenvalue weighted by Crippen LogP contribution is -2.36. The summed E-state index contributed by atoms with van der Waals surface area (Å²) in [5, 5.41) is 3.44. The second kappa shape index (κ2) is 5.60. The van der Waals surface area contributed by atoms with Crippen LogP contribution in [-0.2, 0) is 6.54 Å². The molecule has 1 aromatic rings. The van der Waals surface area contributed by atoms with Crippen molar-refractivity contribution in [3.05, 3.63) is 29.6 Å². The third-order valence-electron chi connectivity index (χ3n) is 4.34. The number of nitrogens with zero attached hydrogens (tertiary/aromatic N) is 1. The maximum atomic E-state index is 14.4. The van der Waals surface area contributed by atoms with Crippen molar-refractivity contribution in [2.75, 3.05) is 11.4 Å². The van der Waals surface area contributed by atoms with Crippen molar-refractivity contribution in [3.8, 4) is 0 Å². The van der Waals surface area contributed by atoms with Crippen molar-refractivity contribution in [1.29, 1.82) is 0 Å². The second-order valence-corrected chi connectivity index (χ2v) is 7.67. The van der Waals surface area contributed by atoms with Gasteiger partial charge in [0.25, 0.3) is 0 Å². The predicted molar refractivity (Wildman–Crippen MR) is 86.1 cm³/mol. The zero-order chi connectivity index (χ0) is 15.0. The van der Waals surface area contributed by atoms with Crippen LogP contribution >= 0.6 is 0 Å². The van der Waals surface area contributed by atoms with Gasteiger partial charge < -0.3 is 10.2 Å². The van der Waals surface area contributed by atoms with E-state index < -0.39 is 0 Å². The van der Waals surface area contributed by atoms with E-state index in [4.69, 9.17) is 0 Å². The summed E-state index contributed by atoms with van der Waals surface area (Å²) in [6.45, 7) is 8.07. The Labute approximate surface area is 127 Å². The standard InChI is InChI=1S/C18H27FN2/c1-18(2,3)20-11-15-16(19)5-4-6-17(15)21(14-9-10-14)12-13-7-8-13/h4-6,13-14,20H,7-12H2,1-3H3. The quantitative estimate of drug-likeness (QED) is 0.849. The van der Waals surface area contributed by atoms with E-state index in [9.17, 15) is 4.39 Å². The highest BCUT2D eigenvalue weighted by molar-refractivity contribution is 5.56. The van der Waals surface area contributed by atoms with Crippen molar-refractivity contribution in [3.63, 3.8) is 0 Å². The van der Waals surface area contributed by atoms with Crippen molar-refractivity contribution in [2.24, 2.45) is 5.92 Å². The second-order valence-electron chi connectivity index (χ2n) is 7.67. The fourth-order valence-electron chi connectivity index (χ4n) is 2.75. The molecule has 116 valence electrons. The monoisotopic (exact) mass is 290 g/mol. The lowest BCUT2D eigenvalue weighted by molar-refractivity contribution is 0.418. The number of hydrogen-bond donors (Lipinski definition) is 1. The molecule has 1 N–H and O–H groups in total. The van der Waals surface area contributed by atoms with Crippen LogP contribution in [0.5, 0.6) is 0 Å². The van der Waals surface area contributed by atoms with Gasteiger partial charge in [-0.2, -0.15) is 0 Å². The third-order valence-corrected chi connectivity index (χ3v) is 4.34. The van der Waals surface area contributed by atoms with Crippen LogP contribution in [0.2, 0.25) is 0 Å². The molecule has 2 saturated carbocycles.